The van der Waals surface area contributed by atoms with E-state index in [1.54, 1.807) is 6.92 Å². The molecule has 0 N–H and O–H groups in total. The molecule has 0 spiro atoms. The summed E-state index contributed by atoms with van der Waals surface area (Å²) in [6, 6.07) is 0. The van der Waals surface area contributed by atoms with E-state index in [0.29, 0.717) is 6.42 Å². The Labute approximate surface area is 116 Å². The summed E-state index contributed by atoms with van der Waals surface area (Å²) in [5, 5.41) is 0. The van der Waals surface area contributed by atoms with E-state index in [0.717, 1.165) is 0 Å². The fourth-order valence-electron chi connectivity index (χ4n) is 0.433. The van der Waals surface area contributed by atoms with Gasteiger partial charge in [0.1, 0.15) is 15.9 Å². The Morgan fingerprint density at radius 1 is 1.50 bits per heavy atom. The molecule has 0 saturated heterocycles. The van der Waals surface area contributed by atoms with Crippen LogP contribution in [0.4, 0.5) is 0 Å². The van der Waals surface area contributed by atoms with Gasteiger partial charge in [-0.2, -0.15) is 0 Å². The minimum atomic E-state index is -4.08. The Morgan fingerprint density at radius 3 is 2.17 bits per heavy atom. The van der Waals surface area contributed by atoms with E-state index in [2.05, 4.69) is 4.31 Å². The van der Waals surface area contributed by atoms with Crippen molar-refractivity contribution in [3.05, 3.63) is 0 Å². The molecule has 5 nitrogen and oxygen atoms in total. The van der Waals surface area contributed by atoms with Gasteiger partial charge < -0.3 is 18.9 Å². The minimum absolute atomic E-state index is 0. The van der Waals surface area contributed by atoms with Gasteiger partial charge in [0.05, 0.1) is 0 Å². The fourth-order valence-corrected chi connectivity index (χ4v) is 2.25. The van der Waals surface area contributed by atoms with E-state index < -0.39 is 15.9 Å². The van der Waals surface area contributed by atoms with Crippen LogP contribution in [0.25, 0.3) is 0 Å². The number of hydrogen-bond donors (Lipinski definition) is 0. The molecule has 62 valence electrons. The van der Waals surface area contributed by atoms with Gasteiger partial charge in [-0.15, -0.1) is 0 Å². The SMILES string of the molecule is CCCP(=O)([O-])O[PH](=O)[O-].[Na+].[Na+]. The van der Waals surface area contributed by atoms with Crippen LogP contribution in [0.5, 0.6) is 0 Å². The molecule has 0 aliphatic heterocycles. The molecule has 0 bridgehead atoms. The average molecular weight is 232 g/mol. The summed E-state index contributed by atoms with van der Waals surface area (Å²) in [6.07, 6.45) is 0.127. The largest absolute Gasteiger partial charge is 1.00 e. The molecule has 0 aromatic rings. The van der Waals surface area contributed by atoms with Crippen LogP contribution in [0.15, 0.2) is 0 Å². The van der Waals surface area contributed by atoms with Crippen molar-refractivity contribution in [2.24, 2.45) is 0 Å². The van der Waals surface area contributed by atoms with E-state index in [-0.39, 0.29) is 65.3 Å². The molecule has 0 aliphatic rings. The molecular weight excluding hydrogens is 224 g/mol. The standard InChI is InChI=1S/C3H10O5P2.2Na/c1-2-3-10(6,7)8-9(4)5;;/h9H,2-3H2,1H3,(H,4,5)(H,6,7);;/q;2*+1/p-2. The van der Waals surface area contributed by atoms with Crippen molar-refractivity contribution in [3.63, 3.8) is 0 Å². The first-order valence-corrected chi connectivity index (χ1v) is 5.64. The summed E-state index contributed by atoms with van der Waals surface area (Å²) >= 11 is 0. The smallest absolute Gasteiger partial charge is 0.781 e. The van der Waals surface area contributed by atoms with E-state index in [1.165, 1.54) is 0 Å². The summed E-state index contributed by atoms with van der Waals surface area (Å²) in [6.45, 7) is 1.62. The van der Waals surface area contributed by atoms with Crippen molar-refractivity contribution >= 4 is 15.9 Å². The Kier molecular flexibility index (Phi) is 16.3. The second-order valence-electron chi connectivity index (χ2n) is 1.68. The maximum Gasteiger partial charge on any atom is 1.00 e. The van der Waals surface area contributed by atoms with Crippen LogP contribution >= 0.6 is 15.9 Å². The van der Waals surface area contributed by atoms with Crippen LogP contribution in [-0.4, -0.2) is 6.16 Å². The van der Waals surface area contributed by atoms with Gasteiger partial charge in [-0.05, 0) is 6.42 Å². The number of hydrogen-bond acceptors (Lipinski definition) is 5. The first-order valence-electron chi connectivity index (χ1n) is 2.68. The molecule has 0 amide bonds. The summed E-state index contributed by atoms with van der Waals surface area (Å²) in [5.41, 5.74) is 0. The number of rotatable bonds is 4. The molecule has 9 heteroatoms. The van der Waals surface area contributed by atoms with Gasteiger partial charge in [0.2, 0.25) is 0 Å². The summed E-state index contributed by atoms with van der Waals surface area (Å²) < 4.78 is 23.9. The molecule has 0 aromatic carbocycles. The molecular formula is C3H8Na2O5P2. The molecule has 0 saturated carbocycles. The maximum atomic E-state index is 10.5. The Bertz CT molecular complexity index is 174. The Morgan fingerprint density at radius 2 is 1.92 bits per heavy atom. The first kappa shape index (κ1) is 19.8. The zero-order chi connectivity index (χ0) is 8.20. The second kappa shape index (κ2) is 9.88. The normalized spacial score (nSPS) is 16.6. The van der Waals surface area contributed by atoms with Gasteiger partial charge in [-0.3, -0.25) is 4.31 Å². The predicted molar refractivity (Wildman–Crippen MR) is 32.9 cm³/mol. The minimum Gasteiger partial charge on any atom is -0.781 e. The Balaban J connectivity index is -0.000000405. The van der Waals surface area contributed by atoms with Crippen molar-refractivity contribution in [2.75, 3.05) is 6.16 Å². The van der Waals surface area contributed by atoms with Crippen molar-refractivity contribution < 1.29 is 82.3 Å². The van der Waals surface area contributed by atoms with Gasteiger partial charge >= 0.3 is 59.1 Å². The average Bonchev–Trinajstić information content (AvgIpc) is 1.59. The van der Waals surface area contributed by atoms with Gasteiger partial charge in [-0.25, -0.2) is 0 Å². The van der Waals surface area contributed by atoms with Gasteiger partial charge in [0.15, 0.2) is 0 Å². The van der Waals surface area contributed by atoms with Crippen molar-refractivity contribution in [1.82, 2.24) is 0 Å². The Hall–Kier alpha value is 2.34. The summed E-state index contributed by atoms with van der Waals surface area (Å²) in [4.78, 5) is 20.2. The van der Waals surface area contributed by atoms with Crippen LogP contribution in [0.1, 0.15) is 13.3 Å². The quantitative estimate of drug-likeness (QED) is 0.355. The molecule has 0 fully saturated rings. The van der Waals surface area contributed by atoms with E-state index in [9.17, 15) is 18.9 Å². The predicted octanol–water partition coefficient (Wildman–Crippen LogP) is -6.28. The van der Waals surface area contributed by atoms with Crippen molar-refractivity contribution in [3.8, 4) is 0 Å². The topological polar surface area (TPSA) is 89.5 Å². The molecule has 0 rings (SSSR count). The van der Waals surface area contributed by atoms with Crippen molar-refractivity contribution in [2.45, 2.75) is 13.3 Å². The zero-order valence-corrected chi connectivity index (χ0v) is 13.3. The molecule has 12 heavy (non-hydrogen) atoms. The third-order valence-electron chi connectivity index (χ3n) is 0.711. The van der Waals surface area contributed by atoms with Crippen LogP contribution in [0, 0.1) is 0 Å². The monoisotopic (exact) mass is 232 g/mol. The van der Waals surface area contributed by atoms with Crippen molar-refractivity contribution in [1.29, 1.82) is 0 Å². The van der Waals surface area contributed by atoms with Crippen LogP contribution in [0.2, 0.25) is 0 Å². The van der Waals surface area contributed by atoms with Gasteiger partial charge in [0, 0.05) is 6.16 Å². The third-order valence-corrected chi connectivity index (χ3v) is 3.41. The first-order chi connectivity index (χ1) is 4.48. The molecule has 2 atom stereocenters. The van der Waals surface area contributed by atoms with Crippen LogP contribution in [0.3, 0.4) is 0 Å². The van der Waals surface area contributed by atoms with Crippen LogP contribution in [-0.2, 0) is 13.4 Å². The molecule has 0 heterocycles. The molecule has 0 radical (unpaired) electrons. The van der Waals surface area contributed by atoms with Gasteiger partial charge in [-0.1, -0.05) is 6.92 Å². The summed E-state index contributed by atoms with van der Waals surface area (Å²) in [5.74, 6) is 0. The fraction of sp³-hybridized carbons (Fsp3) is 1.00. The molecule has 2 unspecified atom stereocenters. The van der Waals surface area contributed by atoms with E-state index >= 15 is 0 Å². The van der Waals surface area contributed by atoms with E-state index in [1.807, 2.05) is 0 Å². The van der Waals surface area contributed by atoms with Gasteiger partial charge in [0.25, 0.3) is 0 Å². The molecule has 0 aromatic heterocycles. The van der Waals surface area contributed by atoms with Crippen LogP contribution < -0.4 is 68.9 Å². The summed E-state index contributed by atoms with van der Waals surface area (Å²) in [7, 11) is -7.67. The molecule has 0 aliphatic carbocycles. The van der Waals surface area contributed by atoms with E-state index in [4.69, 9.17) is 0 Å². The maximum absolute atomic E-state index is 10.5. The zero-order valence-electron chi connectivity index (χ0n) is 7.40. The second-order valence-corrected chi connectivity index (χ2v) is 4.58. The third kappa shape index (κ3) is 12.3.